The molecule has 0 aromatic heterocycles. The molecule has 0 saturated heterocycles. The third kappa shape index (κ3) is 3.25. The fourth-order valence-corrected chi connectivity index (χ4v) is 4.27. The van der Waals surface area contributed by atoms with E-state index >= 15 is 0 Å². The van der Waals surface area contributed by atoms with Crippen LogP contribution < -0.4 is 14.8 Å². The number of methoxy groups -OCH3 is 1. The summed E-state index contributed by atoms with van der Waals surface area (Å²) >= 11 is 0. The molecule has 2 aromatic carbocycles. The van der Waals surface area contributed by atoms with Crippen LogP contribution in [0.15, 0.2) is 48.6 Å². The van der Waals surface area contributed by atoms with Crippen molar-refractivity contribution in [2.45, 2.75) is 38.1 Å². The molecule has 1 aliphatic carbocycles. The Hall–Kier alpha value is -2.62. The summed E-state index contributed by atoms with van der Waals surface area (Å²) in [6, 6.07) is 12.1. The van der Waals surface area contributed by atoms with Gasteiger partial charge in [0.2, 0.25) is 0 Å². The van der Waals surface area contributed by atoms with Gasteiger partial charge in [-0.2, -0.15) is 0 Å². The fourth-order valence-electron chi connectivity index (χ4n) is 4.27. The van der Waals surface area contributed by atoms with E-state index in [0.29, 0.717) is 17.6 Å². The summed E-state index contributed by atoms with van der Waals surface area (Å²) in [7, 11) is 1.57. The first-order chi connectivity index (χ1) is 13.2. The number of phenols is 1. The number of rotatable bonds is 6. The van der Waals surface area contributed by atoms with Crippen LogP contribution in [-0.2, 0) is 0 Å². The first-order valence-corrected chi connectivity index (χ1v) is 9.78. The van der Waals surface area contributed by atoms with E-state index in [1.54, 1.807) is 7.11 Å². The molecule has 1 heterocycles. The number of allylic oxidation sites excluding steroid dienone is 2. The van der Waals surface area contributed by atoms with E-state index in [-0.39, 0.29) is 11.8 Å². The van der Waals surface area contributed by atoms with Crippen LogP contribution in [0.4, 0.5) is 5.69 Å². The highest BCUT2D eigenvalue weighted by molar-refractivity contribution is 5.68. The van der Waals surface area contributed by atoms with Gasteiger partial charge in [-0.3, -0.25) is 0 Å². The van der Waals surface area contributed by atoms with E-state index in [4.69, 9.17) is 9.47 Å². The van der Waals surface area contributed by atoms with Gasteiger partial charge < -0.3 is 19.9 Å². The van der Waals surface area contributed by atoms with Gasteiger partial charge in [-0.05, 0) is 48.1 Å². The molecule has 3 unspecified atom stereocenters. The summed E-state index contributed by atoms with van der Waals surface area (Å²) in [5.41, 5.74) is 3.46. The van der Waals surface area contributed by atoms with Crippen LogP contribution in [0.2, 0.25) is 0 Å². The van der Waals surface area contributed by atoms with Gasteiger partial charge in [0.1, 0.15) is 5.75 Å². The molecule has 3 atom stereocenters. The molecule has 142 valence electrons. The maximum atomic E-state index is 10.3. The highest BCUT2D eigenvalue weighted by Gasteiger charge is 2.39. The number of nitrogens with one attached hydrogen (secondary N) is 1. The van der Waals surface area contributed by atoms with Gasteiger partial charge in [-0.15, -0.1) is 0 Å². The van der Waals surface area contributed by atoms with Crippen molar-refractivity contribution < 1.29 is 14.6 Å². The van der Waals surface area contributed by atoms with Crippen molar-refractivity contribution in [3.63, 3.8) is 0 Å². The van der Waals surface area contributed by atoms with Crippen molar-refractivity contribution in [1.82, 2.24) is 0 Å². The van der Waals surface area contributed by atoms with Crippen LogP contribution in [0.1, 0.15) is 49.3 Å². The summed E-state index contributed by atoms with van der Waals surface area (Å²) in [5, 5.41) is 14.0. The molecule has 2 N–H and O–H groups in total. The number of unbranched alkanes of at least 4 members (excludes halogenated alkanes) is 1. The smallest absolute Gasteiger partial charge is 0.160 e. The lowest BCUT2D eigenvalue weighted by Gasteiger charge is -2.38. The average Bonchev–Trinajstić information content (AvgIpc) is 3.18. The van der Waals surface area contributed by atoms with Gasteiger partial charge in [0.05, 0.1) is 25.4 Å². The van der Waals surface area contributed by atoms with Crippen LogP contribution in [0.5, 0.6) is 17.2 Å². The molecule has 0 fully saturated rings. The fraction of sp³-hybridized carbons (Fsp3) is 0.391. The zero-order valence-electron chi connectivity index (χ0n) is 15.9. The topological polar surface area (TPSA) is 50.7 Å². The van der Waals surface area contributed by atoms with Crippen LogP contribution in [0, 0.1) is 5.92 Å². The second-order valence-electron chi connectivity index (χ2n) is 7.33. The van der Waals surface area contributed by atoms with E-state index in [1.165, 1.54) is 5.56 Å². The Labute approximate surface area is 160 Å². The van der Waals surface area contributed by atoms with Crippen LogP contribution in [-0.4, -0.2) is 18.8 Å². The first kappa shape index (κ1) is 17.8. The number of fused-ring (bicyclic) bond motifs is 3. The van der Waals surface area contributed by atoms with E-state index < -0.39 is 0 Å². The number of aromatic hydroxyl groups is 1. The number of phenolic OH excluding ortho intramolecular Hbond substituents is 1. The minimum atomic E-state index is 0.116. The molecule has 0 spiro atoms. The Morgan fingerprint density at radius 1 is 1.19 bits per heavy atom. The largest absolute Gasteiger partial charge is 0.504 e. The van der Waals surface area contributed by atoms with Gasteiger partial charge in [0.25, 0.3) is 0 Å². The van der Waals surface area contributed by atoms with Crippen LogP contribution in [0.25, 0.3) is 0 Å². The zero-order valence-corrected chi connectivity index (χ0v) is 15.9. The lowest BCUT2D eigenvalue weighted by molar-refractivity contribution is 0.307. The maximum Gasteiger partial charge on any atom is 0.160 e. The predicted octanol–water partition coefficient (Wildman–Crippen LogP) is 5.41. The van der Waals surface area contributed by atoms with Gasteiger partial charge in [-0.1, -0.05) is 43.7 Å². The van der Waals surface area contributed by atoms with Gasteiger partial charge in [-0.25, -0.2) is 0 Å². The van der Waals surface area contributed by atoms with Crippen molar-refractivity contribution in [1.29, 1.82) is 0 Å². The molecule has 4 nitrogen and oxygen atoms in total. The van der Waals surface area contributed by atoms with E-state index in [2.05, 4.69) is 36.5 Å². The molecular weight excluding hydrogens is 338 g/mol. The molecule has 0 radical (unpaired) electrons. The van der Waals surface area contributed by atoms with E-state index in [0.717, 1.165) is 42.9 Å². The minimum absolute atomic E-state index is 0.116. The van der Waals surface area contributed by atoms with Gasteiger partial charge >= 0.3 is 0 Å². The Morgan fingerprint density at radius 3 is 2.85 bits per heavy atom. The molecule has 2 aliphatic rings. The van der Waals surface area contributed by atoms with Crippen molar-refractivity contribution in [2.75, 3.05) is 19.0 Å². The number of para-hydroxylation sites is 1. The van der Waals surface area contributed by atoms with Gasteiger partial charge in [0.15, 0.2) is 11.5 Å². The summed E-state index contributed by atoms with van der Waals surface area (Å²) in [4.78, 5) is 0. The molecule has 0 saturated carbocycles. The van der Waals surface area contributed by atoms with Crippen molar-refractivity contribution in [3.05, 3.63) is 59.7 Å². The zero-order chi connectivity index (χ0) is 18.8. The molecule has 0 bridgehead atoms. The van der Waals surface area contributed by atoms with Crippen molar-refractivity contribution >= 4 is 5.69 Å². The Kier molecular flexibility index (Phi) is 4.97. The van der Waals surface area contributed by atoms with Crippen LogP contribution in [0.3, 0.4) is 0 Å². The Bertz CT molecular complexity index is 846. The molecule has 2 aromatic rings. The highest BCUT2D eigenvalue weighted by atomic mass is 16.5. The summed E-state index contributed by atoms with van der Waals surface area (Å²) in [6.45, 7) is 2.90. The lowest BCUT2D eigenvalue weighted by atomic mass is 9.77. The molecule has 0 amide bonds. The summed E-state index contributed by atoms with van der Waals surface area (Å²) in [6.07, 6.45) is 7.77. The molecule has 1 aliphatic heterocycles. The van der Waals surface area contributed by atoms with Crippen molar-refractivity contribution in [2.24, 2.45) is 5.92 Å². The van der Waals surface area contributed by atoms with E-state index in [1.807, 2.05) is 24.3 Å². The van der Waals surface area contributed by atoms with Crippen LogP contribution >= 0.6 is 0 Å². The number of benzene rings is 2. The maximum absolute atomic E-state index is 10.3. The second kappa shape index (κ2) is 7.55. The molecule has 4 heteroatoms. The molecular formula is C23H27NO3. The molecule has 27 heavy (non-hydrogen) atoms. The van der Waals surface area contributed by atoms with E-state index in [9.17, 15) is 5.11 Å². The number of ether oxygens (including phenoxy) is 2. The predicted molar refractivity (Wildman–Crippen MR) is 108 cm³/mol. The number of hydrogen-bond acceptors (Lipinski definition) is 4. The SMILES string of the molecule is CCCCOc1cccc2c1NC(c1ccc(OC)c(O)c1)C1CC=CC21. The Morgan fingerprint density at radius 2 is 2.07 bits per heavy atom. The van der Waals surface area contributed by atoms with Crippen molar-refractivity contribution in [3.8, 4) is 17.2 Å². The molecule has 4 rings (SSSR count). The highest BCUT2D eigenvalue weighted by Crippen LogP contribution is 2.52. The monoisotopic (exact) mass is 365 g/mol. The first-order valence-electron chi connectivity index (χ1n) is 9.78. The third-order valence-electron chi connectivity index (χ3n) is 5.68. The standard InChI is InChI=1S/C23H27NO3/c1-3-4-13-27-21-10-6-9-18-16-7-5-8-17(16)22(24-23(18)21)15-11-12-20(26-2)19(25)14-15/h5-7,9-12,14,16-17,22,24-25H,3-4,8,13H2,1-2H3. The average molecular weight is 365 g/mol. The Balaban J connectivity index is 1.70. The number of hydrogen-bond donors (Lipinski definition) is 2. The summed E-state index contributed by atoms with van der Waals surface area (Å²) < 4.78 is 11.3. The number of anilines is 1. The van der Waals surface area contributed by atoms with Gasteiger partial charge in [0, 0.05) is 5.92 Å². The lowest BCUT2D eigenvalue weighted by Crippen LogP contribution is -2.29. The second-order valence-corrected chi connectivity index (χ2v) is 7.33. The third-order valence-corrected chi connectivity index (χ3v) is 5.68. The normalized spacial score (nSPS) is 22.7. The summed E-state index contributed by atoms with van der Waals surface area (Å²) in [5.74, 6) is 2.39. The quantitative estimate of drug-likeness (QED) is 0.531. The minimum Gasteiger partial charge on any atom is -0.504 e.